The van der Waals surface area contributed by atoms with Crippen LogP contribution in [0.15, 0.2) is 0 Å². The van der Waals surface area contributed by atoms with Crippen molar-refractivity contribution in [2.24, 2.45) is 0 Å². The van der Waals surface area contributed by atoms with Gasteiger partial charge in [0, 0.05) is 0 Å². The minimum absolute atomic E-state index is 0.653. The summed E-state index contributed by atoms with van der Waals surface area (Å²) in [6.45, 7) is 0. The summed E-state index contributed by atoms with van der Waals surface area (Å²) in [6.07, 6.45) is 0. The van der Waals surface area contributed by atoms with Gasteiger partial charge in [0.2, 0.25) is 0 Å². The molecule has 0 aromatic heterocycles. The van der Waals surface area contributed by atoms with Crippen LogP contribution >= 0.6 is 25.0 Å². The van der Waals surface area contributed by atoms with Gasteiger partial charge in [0.1, 0.15) is 0 Å². The van der Waals surface area contributed by atoms with Crippen LogP contribution in [0.2, 0.25) is 0 Å². The van der Waals surface area contributed by atoms with Crippen LogP contribution in [0.3, 0.4) is 0 Å². The molecule has 0 aromatic carbocycles. The third kappa shape index (κ3) is 2.89. The second kappa shape index (κ2) is 3.89. The molecule has 0 saturated heterocycles. The number of halogens is 1. The van der Waals surface area contributed by atoms with Crippen molar-refractivity contribution >= 4 is 32.9 Å². The highest BCUT2D eigenvalue weighted by Crippen LogP contribution is 2.04. The van der Waals surface area contributed by atoms with E-state index in [-0.39, 0.29) is 0 Å². The smallest absolute Gasteiger partial charge is 0.0811 e. The quantitative estimate of drug-likeness (QED) is 0.488. The molecule has 0 saturated carbocycles. The van der Waals surface area contributed by atoms with Crippen LogP contribution in [0.5, 0.6) is 0 Å². The molecule has 0 rings (SSSR count). The molecule has 0 aliphatic heterocycles. The van der Waals surface area contributed by atoms with Crippen LogP contribution < -0.4 is 0 Å². The first kappa shape index (κ1) is 4.89. The number of hydrogen-bond acceptors (Lipinski definition) is 1. The maximum Gasteiger partial charge on any atom is 0.0811 e. The van der Waals surface area contributed by atoms with E-state index in [1.165, 1.54) is 10.2 Å². The van der Waals surface area contributed by atoms with Crippen molar-refractivity contribution in [3.05, 3.63) is 0 Å². The molecule has 0 fully saturated rings. The van der Waals surface area contributed by atoms with Gasteiger partial charge in [0.25, 0.3) is 0 Å². The molecular formula is CH2BBrS. The average Bonchev–Trinajstić information content (AvgIpc) is 1.37. The summed E-state index contributed by atoms with van der Waals surface area (Å²) in [6, 6.07) is 0. The Balaban J connectivity index is 1.97. The van der Waals surface area contributed by atoms with Gasteiger partial charge in [0.15, 0.2) is 0 Å². The van der Waals surface area contributed by atoms with E-state index in [1.54, 1.807) is 0 Å². The normalized spacial score (nSPS) is 7.25. The summed E-state index contributed by atoms with van der Waals surface area (Å²) in [5.41, 5.74) is 0.653. The summed E-state index contributed by atoms with van der Waals surface area (Å²) in [5, 5.41) is 0. The molecule has 0 aliphatic rings. The lowest BCUT2D eigenvalue weighted by atomic mass is 10.2. The van der Waals surface area contributed by atoms with E-state index in [1.807, 2.05) is 0 Å². The molecule has 0 spiro atoms. The molecule has 3 heteroatoms. The molecule has 22 valence electrons. The van der Waals surface area contributed by atoms with Crippen molar-refractivity contribution in [3.63, 3.8) is 0 Å². The molecule has 2 radical (unpaired) electrons. The fourth-order valence-corrected chi connectivity index (χ4v) is 0. The summed E-state index contributed by atoms with van der Waals surface area (Å²) >= 11 is 3.04. The van der Waals surface area contributed by atoms with E-state index in [0.29, 0.717) is 5.65 Å². The monoisotopic (exact) mass is 136 g/mol. The molecule has 0 amide bonds. The fraction of sp³-hybridized carbons (Fsp3) is 1.00. The maximum absolute atomic E-state index is 4.94. The zero-order valence-corrected chi connectivity index (χ0v) is 4.47. The first-order valence-electron chi connectivity index (χ1n) is 0.851. The minimum atomic E-state index is 0.653. The van der Waals surface area contributed by atoms with E-state index >= 15 is 0 Å². The Morgan fingerprint density at radius 2 is 2.25 bits per heavy atom. The Labute approximate surface area is 39.0 Å². The topological polar surface area (TPSA) is 0 Å². The maximum atomic E-state index is 4.94. The van der Waals surface area contributed by atoms with Gasteiger partial charge in [-0.05, 0) is 20.5 Å². The lowest BCUT2D eigenvalue weighted by Crippen LogP contribution is -1.58. The standard InChI is InChI=1S/CH2BBrS/c2-1-4-3/h1H2. The molecule has 0 aliphatic carbocycles. The minimum Gasteiger partial charge on any atom is -0.0932 e. The first-order chi connectivity index (χ1) is 1.91. The fourth-order valence-electron chi connectivity index (χ4n) is 0. The van der Waals surface area contributed by atoms with E-state index in [4.69, 9.17) is 7.85 Å². The number of hydrogen-bond donors (Lipinski definition) is 0. The van der Waals surface area contributed by atoms with Gasteiger partial charge >= 0.3 is 0 Å². The molecular weight excluding hydrogens is 135 g/mol. The molecule has 0 aromatic rings. The Bertz CT molecular complexity index is 10.0. The molecule has 4 heavy (non-hydrogen) atoms. The van der Waals surface area contributed by atoms with E-state index in [2.05, 4.69) is 14.8 Å². The average molecular weight is 137 g/mol. The zero-order valence-electron chi connectivity index (χ0n) is 2.07. The second-order valence-electron chi connectivity index (χ2n) is 0.276. The van der Waals surface area contributed by atoms with Gasteiger partial charge in [0.05, 0.1) is 7.85 Å². The summed E-state index contributed by atoms with van der Waals surface area (Å²) in [5.74, 6) is 0. The Morgan fingerprint density at radius 1 is 2.00 bits per heavy atom. The number of rotatable bonds is 1. The van der Waals surface area contributed by atoms with E-state index in [0.717, 1.165) is 0 Å². The molecule has 0 nitrogen and oxygen atoms in total. The van der Waals surface area contributed by atoms with E-state index in [9.17, 15) is 0 Å². The largest absolute Gasteiger partial charge is 0.0932 e. The van der Waals surface area contributed by atoms with Crippen molar-refractivity contribution in [3.8, 4) is 0 Å². The van der Waals surface area contributed by atoms with Crippen molar-refractivity contribution in [2.45, 2.75) is 0 Å². The van der Waals surface area contributed by atoms with Gasteiger partial charge in [-0.25, -0.2) is 0 Å². The lowest BCUT2D eigenvalue weighted by Gasteiger charge is -1.66. The van der Waals surface area contributed by atoms with Gasteiger partial charge in [-0.2, -0.15) is 0 Å². The molecule has 0 atom stereocenters. The highest BCUT2D eigenvalue weighted by molar-refractivity contribution is 9.50. The van der Waals surface area contributed by atoms with Gasteiger partial charge in [-0.3, -0.25) is 0 Å². The van der Waals surface area contributed by atoms with Crippen molar-refractivity contribution in [2.75, 3.05) is 5.65 Å². The molecule has 0 bridgehead atoms. The second-order valence-corrected chi connectivity index (χ2v) is 2.20. The highest BCUT2D eigenvalue weighted by atomic mass is 79.9. The van der Waals surface area contributed by atoms with Gasteiger partial charge < -0.3 is 0 Å². The van der Waals surface area contributed by atoms with Crippen LogP contribution in [0.25, 0.3) is 0 Å². The highest BCUT2D eigenvalue weighted by Gasteiger charge is 1.59. The third-order valence-corrected chi connectivity index (χ3v) is 0.982. The van der Waals surface area contributed by atoms with Crippen LogP contribution in [0.1, 0.15) is 0 Å². The van der Waals surface area contributed by atoms with E-state index < -0.39 is 0 Å². The molecule has 0 unspecified atom stereocenters. The predicted molar refractivity (Wildman–Crippen MR) is 27.1 cm³/mol. The van der Waals surface area contributed by atoms with Gasteiger partial charge in [-0.15, -0.1) is 0 Å². The predicted octanol–water partition coefficient (Wildman–Crippen LogP) is 1.16. The first-order valence-corrected chi connectivity index (χ1v) is 3.68. The summed E-state index contributed by atoms with van der Waals surface area (Å²) < 4.78 is 0. The Hall–Kier alpha value is 0.895. The lowest BCUT2D eigenvalue weighted by molar-refractivity contribution is 2.27. The molecule has 0 N–H and O–H groups in total. The van der Waals surface area contributed by atoms with Crippen molar-refractivity contribution in [1.29, 1.82) is 0 Å². The molecule has 0 heterocycles. The Morgan fingerprint density at radius 3 is 2.25 bits per heavy atom. The van der Waals surface area contributed by atoms with Crippen LogP contribution in [-0.4, -0.2) is 13.5 Å². The Kier molecular flexibility index (Phi) is 4.77. The van der Waals surface area contributed by atoms with Crippen LogP contribution in [0, 0.1) is 0 Å². The SMILES string of the molecule is [B]CSBr. The van der Waals surface area contributed by atoms with Crippen molar-refractivity contribution < 1.29 is 0 Å². The summed E-state index contributed by atoms with van der Waals surface area (Å²) in [4.78, 5) is 0. The van der Waals surface area contributed by atoms with Crippen LogP contribution in [-0.2, 0) is 0 Å². The van der Waals surface area contributed by atoms with Gasteiger partial charge in [-0.1, -0.05) is 10.2 Å². The van der Waals surface area contributed by atoms with Crippen molar-refractivity contribution in [1.82, 2.24) is 0 Å². The van der Waals surface area contributed by atoms with Crippen LogP contribution in [0.4, 0.5) is 0 Å². The zero-order chi connectivity index (χ0) is 3.41. The third-order valence-electron chi connectivity index (χ3n) is 0.0630. The summed E-state index contributed by atoms with van der Waals surface area (Å²) in [7, 11) is 6.39.